The van der Waals surface area contributed by atoms with Gasteiger partial charge >= 0.3 is 0 Å². The molecule has 5 nitrogen and oxygen atoms in total. The van der Waals surface area contributed by atoms with Crippen LogP contribution in [0.25, 0.3) is 0 Å². The van der Waals surface area contributed by atoms with E-state index in [4.69, 9.17) is 0 Å². The lowest BCUT2D eigenvalue weighted by Gasteiger charge is -2.10. The van der Waals surface area contributed by atoms with Gasteiger partial charge in [0.15, 0.2) is 0 Å². The summed E-state index contributed by atoms with van der Waals surface area (Å²) in [6.45, 7) is 0.848. The summed E-state index contributed by atoms with van der Waals surface area (Å²) in [4.78, 5) is 3.47. The van der Waals surface area contributed by atoms with Gasteiger partial charge < -0.3 is 5.32 Å². The Hall–Kier alpha value is -0.470. The quantitative estimate of drug-likeness (QED) is 0.723. The summed E-state index contributed by atoms with van der Waals surface area (Å²) in [6, 6.07) is 3.49. The van der Waals surface area contributed by atoms with Crippen molar-refractivity contribution in [3.05, 3.63) is 17.0 Å². The van der Waals surface area contributed by atoms with Crippen molar-refractivity contribution in [2.75, 3.05) is 27.7 Å². The Morgan fingerprint density at radius 3 is 2.62 bits per heavy atom. The molecular weight excluding hydrogens is 246 g/mol. The average molecular weight is 263 g/mol. The van der Waals surface area contributed by atoms with Crippen LogP contribution in [-0.4, -0.2) is 41.1 Å². The van der Waals surface area contributed by atoms with Crippen molar-refractivity contribution in [1.29, 1.82) is 0 Å². The highest BCUT2D eigenvalue weighted by Gasteiger charge is 2.17. The van der Waals surface area contributed by atoms with Crippen molar-refractivity contribution in [2.24, 2.45) is 0 Å². The highest BCUT2D eigenvalue weighted by Crippen LogP contribution is 2.21. The van der Waals surface area contributed by atoms with Crippen LogP contribution in [0, 0.1) is 0 Å². The zero-order valence-electron chi connectivity index (χ0n) is 9.65. The molecule has 2 N–H and O–H groups in total. The van der Waals surface area contributed by atoms with Gasteiger partial charge in [0.1, 0.15) is 4.21 Å². The molecule has 0 aliphatic carbocycles. The van der Waals surface area contributed by atoms with Crippen LogP contribution in [0.2, 0.25) is 0 Å². The molecule has 0 atom stereocenters. The van der Waals surface area contributed by atoms with E-state index >= 15 is 0 Å². The monoisotopic (exact) mass is 263 g/mol. The molecule has 0 radical (unpaired) electrons. The highest BCUT2D eigenvalue weighted by molar-refractivity contribution is 7.91. The Bertz CT molecular complexity index is 426. The Balaban J connectivity index is 2.77. The maximum atomic E-state index is 11.8. The van der Waals surface area contributed by atoms with Crippen LogP contribution < -0.4 is 10.1 Å². The number of sulfonamides is 1. The summed E-state index contributed by atoms with van der Waals surface area (Å²) in [7, 11) is 1.78. The second-order valence-corrected chi connectivity index (χ2v) is 6.62. The fraction of sp³-hybridized carbons (Fsp3) is 0.556. The largest absolute Gasteiger partial charge is 0.319 e. The van der Waals surface area contributed by atoms with Gasteiger partial charge in [-0.3, -0.25) is 0 Å². The van der Waals surface area contributed by atoms with E-state index in [-0.39, 0.29) is 0 Å². The van der Waals surface area contributed by atoms with E-state index in [1.807, 2.05) is 13.1 Å². The molecule has 0 saturated carbocycles. The molecule has 16 heavy (non-hydrogen) atoms. The lowest BCUT2D eigenvalue weighted by Crippen LogP contribution is -2.35. The van der Waals surface area contributed by atoms with Gasteiger partial charge in [-0.05, 0) is 32.1 Å². The van der Waals surface area contributed by atoms with Crippen molar-refractivity contribution in [2.45, 2.75) is 10.6 Å². The molecule has 0 unspecified atom stereocenters. The summed E-state index contributed by atoms with van der Waals surface area (Å²) in [6.07, 6.45) is 0.846. The number of hydrogen-bond acceptors (Lipinski definition) is 5. The van der Waals surface area contributed by atoms with Crippen molar-refractivity contribution >= 4 is 21.4 Å². The normalized spacial score (nSPS) is 12.2. The van der Waals surface area contributed by atoms with Crippen LogP contribution in [-0.2, 0) is 16.4 Å². The van der Waals surface area contributed by atoms with Crippen LogP contribution in [0.4, 0.5) is 0 Å². The number of nitrogens with one attached hydrogen (secondary N) is 2. The molecule has 0 fully saturated rings. The van der Waals surface area contributed by atoms with Gasteiger partial charge in [0.2, 0.25) is 0 Å². The Kier molecular flexibility index (Phi) is 4.88. The van der Waals surface area contributed by atoms with E-state index in [0.717, 1.165) is 17.8 Å². The van der Waals surface area contributed by atoms with Crippen LogP contribution in [0.3, 0.4) is 0 Å². The molecule has 0 bridgehead atoms. The van der Waals surface area contributed by atoms with E-state index in [9.17, 15) is 8.42 Å². The first-order valence-electron chi connectivity index (χ1n) is 4.89. The van der Waals surface area contributed by atoms with E-state index < -0.39 is 10.0 Å². The van der Waals surface area contributed by atoms with Gasteiger partial charge in [0.25, 0.3) is 10.0 Å². The maximum Gasteiger partial charge on any atom is 0.262 e. The molecule has 1 heterocycles. The zero-order chi connectivity index (χ0) is 12.2. The highest BCUT2D eigenvalue weighted by atomic mass is 32.2. The second kappa shape index (κ2) is 5.74. The minimum atomic E-state index is -3.39. The third-order valence-corrected chi connectivity index (χ3v) is 4.95. The number of rotatable bonds is 6. The standard InChI is InChI=1S/C9H17N3O2S2/c1-10-7-6-8-4-5-9(15-8)16(13,14)11-12(2)3/h4-5,10-11H,6-7H2,1-3H3. The molecule has 0 aliphatic rings. The van der Waals surface area contributed by atoms with E-state index in [2.05, 4.69) is 10.1 Å². The van der Waals surface area contributed by atoms with Crippen molar-refractivity contribution in [3.8, 4) is 0 Å². The van der Waals surface area contributed by atoms with Gasteiger partial charge in [0, 0.05) is 19.0 Å². The maximum absolute atomic E-state index is 11.8. The lowest BCUT2D eigenvalue weighted by molar-refractivity contribution is 0.364. The minimum Gasteiger partial charge on any atom is -0.319 e. The molecule has 1 rings (SSSR count). The topological polar surface area (TPSA) is 61.4 Å². The fourth-order valence-electron chi connectivity index (χ4n) is 1.17. The molecule has 0 saturated heterocycles. The predicted octanol–water partition coefficient (Wildman–Crippen LogP) is 0.265. The molecule has 1 aromatic heterocycles. The van der Waals surface area contributed by atoms with Crippen LogP contribution >= 0.6 is 11.3 Å². The summed E-state index contributed by atoms with van der Waals surface area (Å²) in [5, 5.41) is 4.45. The second-order valence-electron chi connectivity index (χ2n) is 3.56. The third kappa shape index (κ3) is 3.84. The summed E-state index contributed by atoms with van der Waals surface area (Å²) < 4.78 is 23.9. The van der Waals surface area contributed by atoms with Crippen molar-refractivity contribution < 1.29 is 8.42 Å². The van der Waals surface area contributed by atoms with Crippen LogP contribution in [0.5, 0.6) is 0 Å². The van der Waals surface area contributed by atoms with Gasteiger partial charge in [-0.2, -0.15) is 0 Å². The number of likely N-dealkylation sites (N-methyl/N-ethyl adjacent to an activating group) is 1. The molecule has 7 heteroatoms. The van der Waals surface area contributed by atoms with Crippen LogP contribution in [0.15, 0.2) is 16.3 Å². The first-order chi connectivity index (χ1) is 7.45. The average Bonchev–Trinajstić information content (AvgIpc) is 2.61. The first-order valence-corrected chi connectivity index (χ1v) is 7.19. The smallest absolute Gasteiger partial charge is 0.262 e. The molecule has 0 aromatic carbocycles. The van der Waals surface area contributed by atoms with Gasteiger partial charge in [-0.25, -0.2) is 13.4 Å². The van der Waals surface area contributed by atoms with E-state index in [1.165, 1.54) is 16.3 Å². The molecule has 1 aromatic rings. The number of hydrogen-bond donors (Lipinski definition) is 2. The molecular formula is C9H17N3O2S2. The predicted molar refractivity (Wildman–Crippen MR) is 66.0 cm³/mol. The lowest BCUT2D eigenvalue weighted by atomic mass is 10.3. The van der Waals surface area contributed by atoms with Gasteiger partial charge in [-0.15, -0.1) is 16.2 Å². The number of nitrogens with zero attached hydrogens (tertiary/aromatic N) is 1. The Morgan fingerprint density at radius 1 is 1.38 bits per heavy atom. The van der Waals surface area contributed by atoms with Gasteiger partial charge in [0.05, 0.1) is 0 Å². The fourth-order valence-corrected chi connectivity index (χ4v) is 3.59. The minimum absolute atomic E-state index is 0.354. The summed E-state index contributed by atoms with van der Waals surface area (Å²) >= 11 is 1.30. The molecule has 92 valence electrons. The SMILES string of the molecule is CNCCc1ccc(S(=O)(=O)NN(C)C)s1. The number of hydrazine groups is 1. The molecule has 0 aliphatic heterocycles. The first kappa shape index (κ1) is 13.6. The summed E-state index contributed by atoms with van der Waals surface area (Å²) in [5.41, 5.74) is 0. The third-order valence-electron chi connectivity index (χ3n) is 1.83. The zero-order valence-corrected chi connectivity index (χ0v) is 11.3. The number of thiophene rings is 1. The molecule has 0 amide bonds. The van der Waals surface area contributed by atoms with Crippen molar-refractivity contribution in [1.82, 2.24) is 15.2 Å². The van der Waals surface area contributed by atoms with Crippen LogP contribution in [0.1, 0.15) is 4.88 Å². The van der Waals surface area contributed by atoms with Gasteiger partial charge in [-0.1, -0.05) is 0 Å². The Morgan fingerprint density at radius 2 is 2.06 bits per heavy atom. The molecule has 0 spiro atoms. The van der Waals surface area contributed by atoms with Crippen molar-refractivity contribution in [3.63, 3.8) is 0 Å². The Labute approximate surface area is 100 Å². The summed E-state index contributed by atoms with van der Waals surface area (Å²) in [5.74, 6) is 0. The van der Waals surface area contributed by atoms with E-state index in [1.54, 1.807) is 20.2 Å². The van der Waals surface area contributed by atoms with E-state index in [0.29, 0.717) is 4.21 Å².